The maximum atomic E-state index is 9.63. The van der Waals surface area contributed by atoms with Gasteiger partial charge in [-0.1, -0.05) is 0 Å². The van der Waals surface area contributed by atoms with Crippen molar-refractivity contribution in [1.82, 2.24) is 10.3 Å². The highest BCUT2D eigenvalue weighted by molar-refractivity contribution is 7.09. The van der Waals surface area contributed by atoms with E-state index in [1.165, 1.54) is 4.88 Å². The first kappa shape index (κ1) is 15.5. The number of hydrogen-bond acceptors (Lipinski definition) is 6. The van der Waals surface area contributed by atoms with Crippen LogP contribution in [-0.4, -0.2) is 53.7 Å². The van der Waals surface area contributed by atoms with Crippen molar-refractivity contribution >= 4 is 11.3 Å². The van der Waals surface area contributed by atoms with Crippen LogP contribution in [0.1, 0.15) is 17.5 Å². The molecule has 0 fully saturated rings. The van der Waals surface area contributed by atoms with Crippen LogP contribution in [0.3, 0.4) is 0 Å². The maximum absolute atomic E-state index is 9.63. The molecular formula is C12H22N2O3S. The Bertz CT molecular complexity index is 333. The number of thiazole rings is 1. The summed E-state index contributed by atoms with van der Waals surface area (Å²) in [5, 5.41) is 21.4. The molecule has 6 heteroatoms. The van der Waals surface area contributed by atoms with E-state index in [9.17, 15) is 5.11 Å². The number of nitrogens with zero attached hydrogens (tertiary/aromatic N) is 1. The van der Waals surface area contributed by atoms with E-state index in [0.29, 0.717) is 19.8 Å². The molecule has 0 radical (unpaired) electrons. The summed E-state index contributed by atoms with van der Waals surface area (Å²) in [6.07, 6.45) is 0.297. The number of aryl methyl sites for hydroxylation is 1. The first-order valence-electron chi connectivity index (χ1n) is 6.12. The highest BCUT2D eigenvalue weighted by atomic mass is 32.1. The number of nitrogens with one attached hydrogen (secondary N) is 1. The quantitative estimate of drug-likeness (QED) is 0.566. The van der Waals surface area contributed by atoms with Crippen molar-refractivity contribution in [3.63, 3.8) is 0 Å². The SMILES string of the molecule is Cc1ncsc1CCOCC(O)CNC(C)CO. The molecule has 0 bridgehead atoms. The summed E-state index contributed by atoms with van der Waals surface area (Å²) in [5.74, 6) is 0. The van der Waals surface area contributed by atoms with Gasteiger partial charge >= 0.3 is 0 Å². The van der Waals surface area contributed by atoms with Crippen LogP contribution in [0, 0.1) is 6.92 Å². The lowest BCUT2D eigenvalue weighted by Crippen LogP contribution is -2.37. The zero-order valence-corrected chi connectivity index (χ0v) is 11.7. The van der Waals surface area contributed by atoms with Crippen LogP contribution >= 0.6 is 11.3 Å². The van der Waals surface area contributed by atoms with Gasteiger partial charge in [0.1, 0.15) is 0 Å². The van der Waals surface area contributed by atoms with E-state index < -0.39 is 6.10 Å². The highest BCUT2D eigenvalue weighted by Crippen LogP contribution is 2.12. The number of aromatic nitrogens is 1. The Morgan fingerprint density at radius 3 is 2.94 bits per heavy atom. The van der Waals surface area contributed by atoms with Gasteiger partial charge < -0.3 is 20.3 Å². The van der Waals surface area contributed by atoms with Crippen LogP contribution in [0.15, 0.2) is 5.51 Å². The fourth-order valence-corrected chi connectivity index (χ4v) is 2.17. The van der Waals surface area contributed by atoms with E-state index in [-0.39, 0.29) is 12.6 Å². The Balaban J connectivity index is 2.05. The Kier molecular flexibility index (Phi) is 7.38. The molecule has 0 aliphatic rings. The first-order valence-corrected chi connectivity index (χ1v) is 7.00. The van der Waals surface area contributed by atoms with E-state index >= 15 is 0 Å². The van der Waals surface area contributed by atoms with Gasteiger partial charge in [0.15, 0.2) is 0 Å². The van der Waals surface area contributed by atoms with Crippen LogP contribution in [0.4, 0.5) is 0 Å². The highest BCUT2D eigenvalue weighted by Gasteiger charge is 2.07. The molecule has 104 valence electrons. The minimum absolute atomic E-state index is 0.000470. The van der Waals surface area contributed by atoms with Gasteiger partial charge in [-0.05, 0) is 13.8 Å². The smallest absolute Gasteiger partial charge is 0.0897 e. The van der Waals surface area contributed by atoms with Crippen molar-refractivity contribution < 1.29 is 14.9 Å². The fourth-order valence-electron chi connectivity index (χ4n) is 1.41. The Morgan fingerprint density at radius 1 is 1.56 bits per heavy atom. The Labute approximate surface area is 112 Å². The second-order valence-electron chi connectivity index (χ2n) is 4.33. The van der Waals surface area contributed by atoms with Crippen molar-refractivity contribution in [3.05, 3.63) is 16.1 Å². The predicted octanol–water partition coefficient (Wildman–Crippen LogP) is 0.342. The molecule has 0 saturated heterocycles. The van der Waals surface area contributed by atoms with Crippen molar-refractivity contribution in [2.24, 2.45) is 0 Å². The average molecular weight is 274 g/mol. The summed E-state index contributed by atoms with van der Waals surface area (Å²) in [6.45, 7) is 5.25. The van der Waals surface area contributed by atoms with Crippen LogP contribution in [0.25, 0.3) is 0 Å². The first-order chi connectivity index (χ1) is 8.63. The predicted molar refractivity (Wildman–Crippen MR) is 71.9 cm³/mol. The zero-order valence-electron chi connectivity index (χ0n) is 10.9. The molecule has 1 aromatic heterocycles. The summed E-state index contributed by atoms with van der Waals surface area (Å²) in [6, 6.07) is -0.000470. The van der Waals surface area contributed by atoms with Gasteiger partial charge in [-0.25, -0.2) is 4.98 Å². The number of hydrogen-bond donors (Lipinski definition) is 3. The molecule has 0 aromatic carbocycles. The summed E-state index contributed by atoms with van der Waals surface area (Å²) in [5.41, 5.74) is 2.89. The summed E-state index contributed by atoms with van der Waals surface area (Å²) in [7, 11) is 0. The summed E-state index contributed by atoms with van der Waals surface area (Å²) < 4.78 is 5.42. The Hall–Kier alpha value is -0.530. The molecule has 0 aliphatic heterocycles. The lowest BCUT2D eigenvalue weighted by atomic mass is 10.3. The van der Waals surface area contributed by atoms with E-state index in [4.69, 9.17) is 9.84 Å². The third kappa shape index (κ3) is 5.88. The van der Waals surface area contributed by atoms with Crippen LogP contribution < -0.4 is 5.32 Å². The van der Waals surface area contributed by atoms with Gasteiger partial charge in [-0.2, -0.15) is 0 Å². The van der Waals surface area contributed by atoms with Crippen molar-refractivity contribution in [1.29, 1.82) is 0 Å². The normalized spacial score (nSPS) is 14.7. The van der Waals surface area contributed by atoms with Gasteiger partial charge in [-0.3, -0.25) is 0 Å². The van der Waals surface area contributed by atoms with E-state index in [0.717, 1.165) is 12.1 Å². The van der Waals surface area contributed by atoms with E-state index in [1.54, 1.807) is 11.3 Å². The van der Waals surface area contributed by atoms with Crippen molar-refractivity contribution in [2.45, 2.75) is 32.4 Å². The van der Waals surface area contributed by atoms with Crippen LogP contribution in [0.5, 0.6) is 0 Å². The van der Waals surface area contributed by atoms with Crippen molar-refractivity contribution in [2.75, 3.05) is 26.4 Å². The zero-order chi connectivity index (χ0) is 13.4. The number of aliphatic hydroxyl groups excluding tert-OH is 2. The number of ether oxygens (including phenoxy) is 1. The van der Waals surface area contributed by atoms with Gasteiger partial charge in [0.05, 0.1) is 37.1 Å². The maximum Gasteiger partial charge on any atom is 0.0897 e. The minimum Gasteiger partial charge on any atom is -0.395 e. The van der Waals surface area contributed by atoms with Crippen LogP contribution in [0.2, 0.25) is 0 Å². The molecule has 0 saturated carbocycles. The monoisotopic (exact) mass is 274 g/mol. The summed E-state index contributed by atoms with van der Waals surface area (Å²) in [4.78, 5) is 5.40. The molecular weight excluding hydrogens is 252 g/mol. The molecule has 5 nitrogen and oxygen atoms in total. The second-order valence-corrected chi connectivity index (χ2v) is 5.27. The largest absolute Gasteiger partial charge is 0.395 e. The Morgan fingerprint density at radius 2 is 2.33 bits per heavy atom. The molecule has 0 amide bonds. The van der Waals surface area contributed by atoms with Gasteiger partial charge in [0.25, 0.3) is 0 Å². The molecule has 1 rings (SSSR count). The van der Waals surface area contributed by atoms with E-state index in [2.05, 4.69) is 10.3 Å². The molecule has 1 aromatic rings. The standard InChI is InChI=1S/C12H22N2O3S/c1-9(6-15)13-5-11(16)7-17-4-3-12-10(2)14-8-18-12/h8-9,11,13,15-16H,3-7H2,1-2H3. The fraction of sp³-hybridized carbons (Fsp3) is 0.750. The number of aliphatic hydroxyl groups is 2. The van der Waals surface area contributed by atoms with E-state index in [1.807, 2.05) is 19.4 Å². The summed E-state index contributed by atoms with van der Waals surface area (Å²) >= 11 is 1.63. The topological polar surface area (TPSA) is 74.6 Å². The molecule has 0 aliphatic carbocycles. The molecule has 1 heterocycles. The lowest BCUT2D eigenvalue weighted by molar-refractivity contribution is 0.0363. The average Bonchev–Trinajstić information content (AvgIpc) is 2.77. The molecule has 18 heavy (non-hydrogen) atoms. The molecule has 2 unspecified atom stereocenters. The second kappa shape index (κ2) is 8.55. The molecule has 3 N–H and O–H groups in total. The minimum atomic E-state index is -0.540. The van der Waals surface area contributed by atoms with Gasteiger partial charge in [0.2, 0.25) is 0 Å². The van der Waals surface area contributed by atoms with Crippen LogP contribution in [-0.2, 0) is 11.2 Å². The molecule has 2 atom stereocenters. The van der Waals surface area contributed by atoms with Crippen molar-refractivity contribution in [3.8, 4) is 0 Å². The van der Waals surface area contributed by atoms with Gasteiger partial charge in [-0.15, -0.1) is 11.3 Å². The third-order valence-electron chi connectivity index (χ3n) is 2.60. The lowest BCUT2D eigenvalue weighted by Gasteiger charge is -2.15. The number of rotatable bonds is 9. The van der Waals surface area contributed by atoms with Gasteiger partial charge in [0, 0.05) is 23.9 Å². The third-order valence-corrected chi connectivity index (χ3v) is 3.60. The molecule has 0 spiro atoms.